The van der Waals surface area contributed by atoms with Crippen LogP contribution in [0.15, 0.2) is 28.8 Å². The summed E-state index contributed by atoms with van der Waals surface area (Å²) in [6, 6.07) is 7.77. The second-order valence-electron chi connectivity index (χ2n) is 3.72. The first-order chi connectivity index (χ1) is 8.69. The van der Waals surface area contributed by atoms with Gasteiger partial charge in [0, 0.05) is 5.56 Å². The molecular weight excluding hydrogens is 234 g/mol. The van der Waals surface area contributed by atoms with E-state index in [1.165, 1.54) is 7.11 Å². The first-order valence-electron chi connectivity index (χ1n) is 5.40. The number of aryl methyl sites for hydroxylation is 1. The van der Waals surface area contributed by atoms with E-state index in [-0.39, 0.29) is 6.54 Å². The summed E-state index contributed by atoms with van der Waals surface area (Å²) in [6.07, 6.45) is -0.537. The fraction of sp³-hybridized carbons (Fsp3) is 0.250. The summed E-state index contributed by atoms with van der Waals surface area (Å²) in [5.41, 5.74) is 2.03. The van der Waals surface area contributed by atoms with Crippen molar-refractivity contribution < 1.29 is 14.1 Å². The number of nitrogens with one attached hydrogen (secondary N) is 1. The number of hydrogen-bond donors (Lipinski definition) is 1. The van der Waals surface area contributed by atoms with E-state index >= 15 is 0 Å². The molecule has 0 saturated carbocycles. The Hall–Kier alpha value is -2.37. The third-order valence-electron chi connectivity index (χ3n) is 2.35. The van der Waals surface area contributed by atoms with Gasteiger partial charge in [0.15, 0.2) is 0 Å². The zero-order chi connectivity index (χ0) is 13.0. The second kappa shape index (κ2) is 5.31. The number of carbonyl (C=O) groups excluding carboxylic acids is 1. The van der Waals surface area contributed by atoms with E-state index in [0.29, 0.717) is 11.7 Å². The molecule has 2 aromatic rings. The van der Waals surface area contributed by atoms with Gasteiger partial charge in [0.25, 0.3) is 0 Å². The molecule has 0 aliphatic rings. The zero-order valence-electron chi connectivity index (χ0n) is 10.1. The van der Waals surface area contributed by atoms with Crippen LogP contribution in [-0.2, 0) is 11.3 Å². The Morgan fingerprint density at radius 1 is 1.39 bits per heavy atom. The standard InChI is InChI=1S/C12H13N3O3/c1-8-3-5-9(6-4-8)11-14-10(18-15-11)7-13-12(16)17-2/h3-6H,7H2,1-2H3,(H,13,16). The van der Waals surface area contributed by atoms with E-state index in [9.17, 15) is 4.79 Å². The molecule has 0 fully saturated rings. The lowest BCUT2D eigenvalue weighted by Crippen LogP contribution is -2.22. The maximum absolute atomic E-state index is 10.9. The van der Waals surface area contributed by atoms with Crippen molar-refractivity contribution in [2.24, 2.45) is 0 Å². The number of hydrogen-bond acceptors (Lipinski definition) is 5. The molecule has 0 spiro atoms. The smallest absolute Gasteiger partial charge is 0.407 e. The summed E-state index contributed by atoms with van der Waals surface area (Å²) in [6.45, 7) is 2.15. The van der Waals surface area contributed by atoms with Crippen LogP contribution in [0.1, 0.15) is 11.5 Å². The monoisotopic (exact) mass is 247 g/mol. The Morgan fingerprint density at radius 2 is 2.11 bits per heavy atom. The lowest BCUT2D eigenvalue weighted by Gasteiger charge is -1.98. The number of amides is 1. The summed E-state index contributed by atoms with van der Waals surface area (Å²) in [4.78, 5) is 15.0. The number of carbonyl (C=O) groups is 1. The van der Waals surface area contributed by atoms with Gasteiger partial charge < -0.3 is 14.6 Å². The third-order valence-corrected chi connectivity index (χ3v) is 2.35. The van der Waals surface area contributed by atoms with E-state index in [4.69, 9.17) is 4.52 Å². The number of methoxy groups -OCH3 is 1. The average molecular weight is 247 g/mol. The Morgan fingerprint density at radius 3 is 2.78 bits per heavy atom. The fourth-order valence-electron chi connectivity index (χ4n) is 1.37. The molecule has 2 rings (SSSR count). The number of nitrogens with zero attached hydrogens (tertiary/aromatic N) is 2. The van der Waals surface area contributed by atoms with E-state index in [2.05, 4.69) is 20.2 Å². The highest BCUT2D eigenvalue weighted by molar-refractivity contribution is 5.66. The van der Waals surface area contributed by atoms with Crippen molar-refractivity contribution in [1.29, 1.82) is 0 Å². The van der Waals surface area contributed by atoms with Gasteiger partial charge in [-0.2, -0.15) is 4.98 Å². The number of aromatic nitrogens is 2. The van der Waals surface area contributed by atoms with Crippen LogP contribution >= 0.6 is 0 Å². The maximum Gasteiger partial charge on any atom is 0.407 e. The van der Waals surface area contributed by atoms with Crippen molar-refractivity contribution in [2.45, 2.75) is 13.5 Å². The summed E-state index contributed by atoms with van der Waals surface area (Å²) < 4.78 is 9.45. The molecule has 6 nitrogen and oxygen atoms in total. The van der Waals surface area contributed by atoms with Crippen molar-refractivity contribution in [3.8, 4) is 11.4 Å². The molecule has 6 heteroatoms. The molecule has 1 aromatic heterocycles. The molecule has 0 atom stereocenters. The number of rotatable bonds is 3. The summed E-state index contributed by atoms with van der Waals surface area (Å²) in [5.74, 6) is 0.827. The minimum atomic E-state index is -0.537. The predicted molar refractivity (Wildman–Crippen MR) is 63.7 cm³/mol. The summed E-state index contributed by atoms with van der Waals surface area (Å²) >= 11 is 0. The normalized spacial score (nSPS) is 10.1. The van der Waals surface area contributed by atoms with Gasteiger partial charge in [-0.05, 0) is 6.92 Å². The molecule has 0 unspecified atom stereocenters. The molecule has 0 saturated heterocycles. The van der Waals surface area contributed by atoms with E-state index in [0.717, 1.165) is 11.1 Å². The number of ether oxygens (including phenoxy) is 1. The summed E-state index contributed by atoms with van der Waals surface area (Å²) in [5, 5.41) is 6.31. The molecule has 1 amide bonds. The lowest BCUT2D eigenvalue weighted by molar-refractivity contribution is 0.169. The highest BCUT2D eigenvalue weighted by Gasteiger charge is 2.09. The molecule has 1 aromatic carbocycles. The molecule has 18 heavy (non-hydrogen) atoms. The van der Waals surface area contributed by atoms with Crippen molar-refractivity contribution in [3.05, 3.63) is 35.7 Å². The van der Waals surface area contributed by atoms with E-state index in [1.54, 1.807) is 0 Å². The van der Waals surface area contributed by atoms with Crippen LogP contribution < -0.4 is 5.32 Å². The largest absolute Gasteiger partial charge is 0.453 e. The second-order valence-corrected chi connectivity index (χ2v) is 3.72. The molecule has 0 aliphatic carbocycles. The highest BCUT2D eigenvalue weighted by Crippen LogP contribution is 2.16. The van der Waals surface area contributed by atoms with Crippen LogP contribution in [0.5, 0.6) is 0 Å². The van der Waals surface area contributed by atoms with E-state index < -0.39 is 6.09 Å². The first-order valence-corrected chi connectivity index (χ1v) is 5.40. The highest BCUT2D eigenvalue weighted by atomic mass is 16.5. The van der Waals surface area contributed by atoms with Crippen molar-refractivity contribution in [1.82, 2.24) is 15.5 Å². The van der Waals surface area contributed by atoms with Crippen LogP contribution in [0.3, 0.4) is 0 Å². The van der Waals surface area contributed by atoms with Gasteiger partial charge >= 0.3 is 6.09 Å². The quantitative estimate of drug-likeness (QED) is 0.896. The molecule has 0 aliphatic heterocycles. The van der Waals surface area contributed by atoms with Gasteiger partial charge in [0.2, 0.25) is 11.7 Å². The van der Waals surface area contributed by atoms with E-state index in [1.807, 2.05) is 31.2 Å². The topological polar surface area (TPSA) is 77.2 Å². The fourth-order valence-corrected chi connectivity index (χ4v) is 1.37. The molecule has 1 N–H and O–H groups in total. The van der Waals surface area contributed by atoms with Crippen molar-refractivity contribution in [2.75, 3.05) is 7.11 Å². The van der Waals surface area contributed by atoms with Gasteiger partial charge in [-0.3, -0.25) is 0 Å². The van der Waals surface area contributed by atoms with Crippen LogP contribution in [0.4, 0.5) is 4.79 Å². The molecule has 0 radical (unpaired) electrons. The SMILES string of the molecule is COC(=O)NCc1nc(-c2ccc(C)cc2)no1. The maximum atomic E-state index is 10.9. The van der Waals surface area contributed by atoms with Gasteiger partial charge in [-0.1, -0.05) is 35.0 Å². The number of alkyl carbamates (subject to hydrolysis) is 1. The van der Waals surface area contributed by atoms with Gasteiger partial charge in [0.1, 0.15) is 6.54 Å². The minimum absolute atomic E-state index is 0.144. The lowest BCUT2D eigenvalue weighted by atomic mass is 10.1. The van der Waals surface area contributed by atoms with Crippen LogP contribution in [0.2, 0.25) is 0 Å². The molecule has 1 heterocycles. The molecule has 0 bridgehead atoms. The van der Waals surface area contributed by atoms with Crippen molar-refractivity contribution in [3.63, 3.8) is 0 Å². The Labute approximate surface area is 104 Å². The average Bonchev–Trinajstić information content (AvgIpc) is 2.85. The molecular formula is C12H13N3O3. The van der Waals surface area contributed by atoms with Crippen LogP contribution in [0.25, 0.3) is 11.4 Å². The Kier molecular flexibility index (Phi) is 3.57. The minimum Gasteiger partial charge on any atom is -0.453 e. The Bertz CT molecular complexity index is 534. The summed E-state index contributed by atoms with van der Waals surface area (Å²) in [7, 11) is 1.29. The zero-order valence-corrected chi connectivity index (χ0v) is 10.1. The van der Waals surface area contributed by atoms with Gasteiger partial charge in [-0.25, -0.2) is 4.79 Å². The first kappa shape index (κ1) is 12.1. The van der Waals surface area contributed by atoms with Crippen LogP contribution in [-0.4, -0.2) is 23.3 Å². The van der Waals surface area contributed by atoms with Crippen molar-refractivity contribution >= 4 is 6.09 Å². The number of benzene rings is 1. The van der Waals surface area contributed by atoms with Crippen LogP contribution in [0, 0.1) is 6.92 Å². The predicted octanol–water partition coefficient (Wildman–Crippen LogP) is 1.90. The van der Waals surface area contributed by atoms with Gasteiger partial charge in [-0.15, -0.1) is 0 Å². The Balaban J connectivity index is 2.06. The molecule has 94 valence electrons. The van der Waals surface area contributed by atoms with Gasteiger partial charge in [0.05, 0.1) is 7.11 Å². The third kappa shape index (κ3) is 2.85.